The van der Waals surface area contributed by atoms with Gasteiger partial charge in [-0.2, -0.15) is 5.10 Å². The number of nitrogens with zero attached hydrogens (tertiary/aromatic N) is 2. The van der Waals surface area contributed by atoms with E-state index in [-0.39, 0.29) is 5.56 Å². The first-order valence-electron chi connectivity index (χ1n) is 6.21. The number of nitrogens with one attached hydrogen (secondary N) is 1. The van der Waals surface area contributed by atoms with Crippen LogP contribution in [0.15, 0.2) is 53.9 Å². The Morgan fingerprint density at radius 2 is 2.13 bits per heavy atom. The molecule has 0 aromatic carbocycles. The summed E-state index contributed by atoms with van der Waals surface area (Å²) in [5.41, 5.74) is -2.41. The molecule has 1 heterocycles. The van der Waals surface area contributed by atoms with Crippen LogP contribution in [0.25, 0.3) is 0 Å². The molecule has 0 saturated heterocycles. The lowest BCUT2D eigenvalue weighted by Gasteiger charge is -2.37. The zero-order valence-corrected chi connectivity index (χ0v) is 12.4. The monoisotopic (exact) mass is 347 g/mol. The third kappa shape index (κ3) is 3.59. The average Bonchev–Trinajstić information content (AvgIpc) is 2.46. The highest BCUT2D eigenvalue weighted by Crippen LogP contribution is 2.42. The smallest absolute Gasteiger partial charge is 0.274 e. The quantitative estimate of drug-likeness (QED) is 0.651. The molecule has 0 aliphatic heterocycles. The van der Waals surface area contributed by atoms with Gasteiger partial charge in [-0.1, -0.05) is 24.3 Å². The van der Waals surface area contributed by atoms with Gasteiger partial charge in [0, 0.05) is 24.7 Å². The van der Waals surface area contributed by atoms with Gasteiger partial charge in [0.05, 0.1) is 0 Å². The third-order valence-electron chi connectivity index (χ3n) is 3.09. The van der Waals surface area contributed by atoms with Crippen LogP contribution >= 0.6 is 0 Å². The van der Waals surface area contributed by atoms with Crippen LogP contribution in [0.4, 0.5) is 13.2 Å². The summed E-state index contributed by atoms with van der Waals surface area (Å²) in [4.78, 5) is 5.48. The number of hydrazone groups is 1. The normalized spacial score (nSPS) is 24.4. The fraction of sp³-hybridized carbons (Fsp3) is 0.231. The van der Waals surface area contributed by atoms with E-state index in [4.69, 9.17) is 0 Å². The van der Waals surface area contributed by atoms with Crippen LogP contribution in [0.2, 0.25) is 0 Å². The summed E-state index contributed by atoms with van der Waals surface area (Å²) in [7, 11) is -4.33. The van der Waals surface area contributed by atoms with Gasteiger partial charge in [-0.3, -0.25) is 9.72 Å². The second-order valence-corrected chi connectivity index (χ2v) is 6.32. The van der Waals surface area contributed by atoms with Crippen LogP contribution in [0.1, 0.15) is 5.56 Å². The van der Waals surface area contributed by atoms with Gasteiger partial charge in [-0.15, -0.1) is 13.2 Å². The Hall–Kier alpha value is -2.20. The Bertz CT molecular complexity index is 732. The standard InChI is InChI=1S/C13H12F3N3O3S/c1-17-19-23(20,21)11-6-2-3-7-12(11,22-13(14,15)16)10-5-4-8-18-9-10/h2-9,11,19H,1H2. The van der Waals surface area contributed by atoms with Gasteiger partial charge in [-0.25, -0.2) is 13.2 Å². The van der Waals surface area contributed by atoms with E-state index in [9.17, 15) is 21.6 Å². The Balaban J connectivity index is 2.65. The second kappa shape index (κ2) is 6.13. The van der Waals surface area contributed by atoms with Crippen molar-refractivity contribution in [1.29, 1.82) is 0 Å². The van der Waals surface area contributed by atoms with E-state index < -0.39 is 27.2 Å². The lowest BCUT2D eigenvalue weighted by atomic mass is 9.87. The molecule has 1 aromatic rings. The minimum Gasteiger partial charge on any atom is -0.274 e. The molecule has 0 spiro atoms. The molecular weight excluding hydrogens is 335 g/mol. The van der Waals surface area contributed by atoms with Crippen LogP contribution in [-0.4, -0.2) is 31.7 Å². The number of hydrogen-bond acceptors (Lipinski definition) is 5. The second-order valence-electron chi connectivity index (χ2n) is 4.54. The minimum atomic E-state index is -5.08. The SMILES string of the molecule is C=NNS(=O)(=O)C1C=CC=CC1(OC(F)(F)F)c1cccnc1. The van der Waals surface area contributed by atoms with E-state index in [1.54, 1.807) is 4.83 Å². The summed E-state index contributed by atoms with van der Waals surface area (Å²) in [5.74, 6) is 0. The number of rotatable bonds is 5. The maximum Gasteiger partial charge on any atom is 0.523 e. The zero-order valence-electron chi connectivity index (χ0n) is 11.6. The molecule has 10 heteroatoms. The summed E-state index contributed by atoms with van der Waals surface area (Å²) in [5, 5.41) is 1.31. The number of allylic oxidation sites excluding steroid dienone is 2. The summed E-state index contributed by atoms with van der Waals surface area (Å²) >= 11 is 0. The van der Waals surface area contributed by atoms with Crippen molar-refractivity contribution < 1.29 is 26.3 Å². The van der Waals surface area contributed by atoms with E-state index >= 15 is 0 Å². The van der Waals surface area contributed by atoms with Gasteiger partial charge >= 0.3 is 6.36 Å². The first-order chi connectivity index (χ1) is 10.7. The first-order valence-corrected chi connectivity index (χ1v) is 7.76. The fourth-order valence-electron chi connectivity index (χ4n) is 2.28. The molecular formula is C13H12F3N3O3S. The zero-order chi connectivity index (χ0) is 17.1. The Morgan fingerprint density at radius 3 is 2.70 bits per heavy atom. The molecule has 1 aliphatic rings. The molecule has 0 fully saturated rings. The topological polar surface area (TPSA) is 80.7 Å². The summed E-state index contributed by atoms with van der Waals surface area (Å²) < 4.78 is 67.7. The van der Waals surface area contributed by atoms with Crippen molar-refractivity contribution in [3.8, 4) is 0 Å². The number of hydrogen-bond donors (Lipinski definition) is 1. The van der Waals surface area contributed by atoms with Gasteiger partial charge < -0.3 is 0 Å². The number of aromatic nitrogens is 1. The molecule has 1 aromatic heterocycles. The lowest BCUT2D eigenvalue weighted by molar-refractivity contribution is -0.360. The van der Waals surface area contributed by atoms with Crippen molar-refractivity contribution in [3.05, 3.63) is 54.4 Å². The van der Waals surface area contributed by atoms with E-state index in [0.29, 0.717) is 0 Å². The van der Waals surface area contributed by atoms with Crippen molar-refractivity contribution in [3.63, 3.8) is 0 Å². The molecule has 2 unspecified atom stereocenters. The minimum absolute atomic E-state index is 0.0719. The number of pyridine rings is 1. The highest BCUT2D eigenvalue weighted by molar-refractivity contribution is 7.90. The van der Waals surface area contributed by atoms with Gasteiger partial charge in [0.2, 0.25) is 0 Å². The van der Waals surface area contributed by atoms with Crippen molar-refractivity contribution in [2.45, 2.75) is 17.2 Å². The van der Waals surface area contributed by atoms with Crippen LogP contribution in [0.3, 0.4) is 0 Å². The predicted molar refractivity (Wildman–Crippen MR) is 76.7 cm³/mol. The predicted octanol–water partition coefficient (Wildman–Crippen LogP) is 1.84. The molecule has 6 nitrogen and oxygen atoms in total. The summed E-state index contributed by atoms with van der Waals surface area (Å²) in [6, 6.07) is 2.68. The molecule has 2 atom stereocenters. The van der Waals surface area contributed by atoms with Crippen molar-refractivity contribution >= 4 is 16.7 Å². The highest BCUT2D eigenvalue weighted by Gasteiger charge is 2.53. The van der Waals surface area contributed by atoms with Gasteiger partial charge in [-0.05, 0) is 12.1 Å². The van der Waals surface area contributed by atoms with Crippen LogP contribution in [0.5, 0.6) is 0 Å². The third-order valence-corrected chi connectivity index (χ3v) is 4.65. The summed E-state index contributed by atoms with van der Waals surface area (Å²) in [6.07, 6.45) is 2.05. The van der Waals surface area contributed by atoms with Crippen LogP contribution < -0.4 is 4.83 Å². The molecule has 2 rings (SSSR count). The van der Waals surface area contributed by atoms with Crippen LogP contribution in [0, 0.1) is 0 Å². The molecule has 1 N–H and O–H groups in total. The number of alkyl halides is 3. The lowest BCUT2D eigenvalue weighted by Crippen LogP contribution is -2.50. The average molecular weight is 347 g/mol. The molecule has 23 heavy (non-hydrogen) atoms. The van der Waals surface area contributed by atoms with Crippen LogP contribution in [-0.2, 0) is 20.4 Å². The number of sulfonamides is 1. The Kier molecular flexibility index (Phi) is 4.57. The first kappa shape index (κ1) is 17.2. The van der Waals surface area contributed by atoms with E-state index in [2.05, 4.69) is 21.5 Å². The largest absolute Gasteiger partial charge is 0.523 e. The number of ether oxygens (including phenoxy) is 1. The van der Waals surface area contributed by atoms with Crippen molar-refractivity contribution in [2.75, 3.05) is 0 Å². The maximum atomic E-state index is 13.0. The Labute approximate surface area is 130 Å². The maximum absolute atomic E-state index is 13.0. The molecule has 124 valence electrons. The molecule has 0 amide bonds. The van der Waals surface area contributed by atoms with Gasteiger partial charge in [0.1, 0.15) is 10.9 Å². The van der Waals surface area contributed by atoms with E-state index in [0.717, 1.165) is 18.3 Å². The van der Waals surface area contributed by atoms with Gasteiger partial charge in [0.15, 0.2) is 0 Å². The molecule has 0 radical (unpaired) electrons. The Morgan fingerprint density at radius 1 is 1.39 bits per heavy atom. The number of halogens is 3. The fourth-order valence-corrected chi connectivity index (χ4v) is 3.59. The van der Waals surface area contributed by atoms with Crippen molar-refractivity contribution in [2.24, 2.45) is 5.10 Å². The van der Waals surface area contributed by atoms with E-state index in [1.165, 1.54) is 30.5 Å². The molecule has 1 aliphatic carbocycles. The summed E-state index contributed by atoms with van der Waals surface area (Å²) in [6.45, 7) is 2.98. The highest BCUT2D eigenvalue weighted by atomic mass is 32.2. The van der Waals surface area contributed by atoms with E-state index in [1.807, 2.05) is 0 Å². The molecule has 0 saturated carbocycles. The van der Waals surface area contributed by atoms with Crippen molar-refractivity contribution in [1.82, 2.24) is 9.82 Å². The molecule has 0 bridgehead atoms. The van der Waals surface area contributed by atoms with Gasteiger partial charge in [0.25, 0.3) is 10.0 Å².